The standard InChI is InChI=1S/C27H28N6O2S/c1-16-9-17(2)11-20(10-16)29-26-28-13-19-14-33(15-23(19)30-26)21-5-7-32(8-6-21)25(34)18-3-4-22-24(12-18)36-27(35)31-22/h3-4,9-13,21H,5-8,14-15H2,1-2H3,(H,31,35)(H,28,29,30). The van der Waals surface area contributed by atoms with Gasteiger partial charge in [0, 0.05) is 55.2 Å². The SMILES string of the molecule is Cc1cc(C)cc(Nc2ncc3c(n2)CN(C2CCN(C(=O)c4ccc5[nH]c(=O)sc5c4)CC2)C3)c1. The van der Waals surface area contributed by atoms with Crippen molar-refractivity contribution in [2.24, 2.45) is 0 Å². The number of thiazole rings is 1. The number of anilines is 2. The van der Waals surface area contributed by atoms with Crippen LogP contribution in [0.4, 0.5) is 11.6 Å². The molecule has 0 aliphatic carbocycles. The van der Waals surface area contributed by atoms with Gasteiger partial charge in [0.1, 0.15) is 0 Å². The highest BCUT2D eigenvalue weighted by Crippen LogP contribution is 2.29. The first kappa shape index (κ1) is 22.9. The minimum atomic E-state index is -0.0973. The summed E-state index contributed by atoms with van der Waals surface area (Å²) < 4.78 is 0.822. The normalized spacial score (nSPS) is 16.4. The largest absolute Gasteiger partial charge is 0.339 e. The Labute approximate surface area is 213 Å². The molecule has 4 aromatic rings. The molecular formula is C27H28N6O2S. The summed E-state index contributed by atoms with van der Waals surface area (Å²) in [6.07, 6.45) is 3.80. The number of rotatable bonds is 4. The predicted molar refractivity (Wildman–Crippen MR) is 142 cm³/mol. The van der Waals surface area contributed by atoms with Gasteiger partial charge in [-0.2, -0.15) is 0 Å². The van der Waals surface area contributed by atoms with E-state index < -0.39 is 0 Å². The van der Waals surface area contributed by atoms with Gasteiger partial charge in [0.2, 0.25) is 5.95 Å². The number of nitrogens with zero attached hydrogens (tertiary/aromatic N) is 4. The highest BCUT2D eigenvalue weighted by atomic mass is 32.1. The third-order valence-electron chi connectivity index (χ3n) is 7.09. The fourth-order valence-electron chi connectivity index (χ4n) is 5.37. The Morgan fingerprint density at radius 3 is 2.64 bits per heavy atom. The molecule has 0 atom stereocenters. The van der Waals surface area contributed by atoms with Crippen molar-refractivity contribution in [1.82, 2.24) is 24.8 Å². The molecule has 184 valence electrons. The third kappa shape index (κ3) is 4.52. The monoisotopic (exact) mass is 500 g/mol. The average molecular weight is 501 g/mol. The van der Waals surface area contributed by atoms with Crippen molar-refractivity contribution in [3.8, 4) is 0 Å². The summed E-state index contributed by atoms with van der Waals surface area (Å²) in [6.45, 7) is 7.28. The van der Waals surface area contributed by atoms with Crippen LogP contribution in [0.1, 0.15) is 45.6 Å². The highest BCUT2D eigenvalue weighted by molar-refractivity contribution is 7.16. The lowest BCUT2D eigenvalue weighted by Crippen LogP contribution is -2.45. The third-order valence-corrected chi connectivity index (χ3v) is 7.94. The second kappa shape index (κ2) is 9.15. The van der Waals surface area contributed by atoms with Gasteiger partial charge in [0.05, 0.1) is 15.9 Å². The number of carbonyl (C=O) groups excluding carboxylic acids is 1. The van der Waals surface area contributed by atoms with Crippen LogP contribution in [-0.2, 0) is 13.1 Å². The van der Waals surface area contributed by atoms with Crippen LogP contribution in [0.5, 0.6) is 0 Å². The quantitative estimate of drug-likeness (QED) is 0.432. The number of H-pyrrole nitrogens is 1. The van der Waals surface area contributed by atoms with Crippen LogP contribution in [0.15, 0.2) is 47.4 Å². The van der Waals surface area contributed by atoms with Gasteiger partial charge in [-0.25, -0.2) is 9.97 Å². The van der Waals surface area contributed by atoms with E-state index in [4.69, 9.17) is 4.98 Å². The van der Waals surface area contributed by atoms with E-state index in [2.05, 4.69) is 52.2 Å². The van der Waals surface area contributed by atoms with Gasteiger partial charge in [0.15, 0.2) is 0 Å². The van der Waals surface area contributed by atoms with Gasteiger partial charge in [-0.1, -0.05) is 17.4 Å². The van der Waals surface area contributed by atoms with Gasteiger partial charge in [-0.15, -0.1) is 0 Å². The van der Waals surface area contributed by atoms with E-state index in [0.29, 0.717) is 17.6 Å². The minimum Gasteiger partial charge on any atom is -0.339 e. The molecule has 0 radical (unpaired) electrons. The number of aryl methyl sites for hydroxylation is 2. The molecule has 4 heterocycles. The summed E-state index contributed by atoms with van der Waals surface area (Å²) >= 11 is 1.14. The summed E-state index contributed by atoms with van der Waals surface area (Å²) in [6, 6.07) is 12.2. The molecule has 1 amide bonds. The summed E-state index contributed by atoms with van der Waals surface area (Å²) in [4.78, 5) is 41.1. The molecule has 8 nitrogen and oxygen atoms in total. The van der Waals surface area contributed by atoms with Crippen LogP contribution < -0.4 is 10.2 Å². The predicted octanol–water partition coefficient (Wildman–Crippen LogP) is 4.36. The van der Waals surface area contributed by atoms with Crippen LogP contribution in [0, 0.1) is 13.8 Å². The fraction of sp³-hybridized carbons (Fsp3) is 0.333. The molecule has 2 N–H and O–H groups in total. The number of aromatic amines is 1. The number of piperidine rings is 1. The van der Waals surface area contributed by atoms with Crippen LogP contribution in [-0.4, -0.2) is 49.8 Å². The van der Waals surface area contributed by atoms with Gasteiger partial charge >= 0.3 is 4.87 Å². The zero-order valence-electron chi connectivity index (χ0n) is 20.4. The molecule has 0 saturated carbocycles. The smallest absolute Gasteiger partial charge is 0.305 e. The number of benzene rings is 2. The van der Waals surface area contributed by atoms with Crippen molar-refractivity contribution < 1.29 is 4.79 Å². The van der Waals surface area contributed by atoms with Crippen molar-refractivity contribution in [1.29, 1.82) is 0 Å². The Hall–Kier alpha value is -3.56. The molecule has 0 spiro atoms. The van der Waals surface area contributed by atoms with E-state index >= 15 is 0 Å². The number of carbonyl (C=O) groups is 1. The zero-order chi connectivity index (χ0) is 24.8. The first-order valence-corrected chi connectivity index (χ1v) is 13.1. The van der Waals surface area contributed by atoms with Crippen molar-refractivity contribution in [2.45, 2.75) is 45.8 Å². The lowest BCUT2D eigenvalue weighted by atomic mass is 10.0. The van der Waals surface area contributed by atoms with E-state index in [-0.39, 0.29) is 10.8 Å². The number of amides is 1. The number of hydrogen-bond acceptors (Lipinski definition) is 7. The lowest BCUT2D eigenvalue weighted by molar-refractivity contribution is 0.0613. The molecular weight excluding hydrogens is 472 g/mol. The maximum Gasteiger partial charge on any atom is 0.305 e. The van der Waals surface area contributed by atoms with Crippen molar-refractivity contribution >= 4 is 39.1 Å². The summed E-state index contributed by atoms with van der Waals surface area (Å²) in [5, 5.41) is 3.35. The van der Waals surface area contributed by atoms with E-state index in [9.17, 15) is 9.59 Å². The van der Waals surface area contributed by atoms with Crippen molar-refractivity contribution in [2.75, 3.05) is 18.4 Å². The molecule has 1 saturated heterocycles. The number of nitrogens with one attached hydrogen (secondary N) is 2. The second-order valence-corrected chi connectivity index (χ2v) is 10.8. The van der Waals surface area contributed by atoms with Crippen LogP contribution in [0.2, 0.25) is 0 Å². The maximum atomic E-state index is 13.1. The molecule has 0 bridgehead atoms. The van der Waals surface area contributed by atoms with E-state index in [1.165, 1.54) is 16.7 Å². The lowest BCUT2D eigenvalue weighted by Gasteiger charge is -2.36. The van der Waals surface area contributed by atoms with Gasteiger partial charge in [-0.05, 0) is 68.1 Å². The molecule has 2 aliphatic heterocycles. The first-order chi connectivity index (χ1) is 17.4. The van der Waals surface area contributed by atoms with E-state index in [0.717, 1.165) is 72.0 Å². The molecule has 0 unspecified atom stereocenters. The first-order valence-electron chi connectivity index (χ1n) is 12.3. The number of aromatic nitrogens is 3. The summed E-state index contributed by atoms with van der Waals surface area (Å²) in [5.74, 6) is 0.666. The molecule has 6 rings (SSSR count). The molecule has 1 fully saturated rings. The van der Waals surface area contributed by atoms with Gasteiger partial charge < -0.3 is 15.2 Å². The topological polar surface area (TPSA) is 94.2 Å². The molecule has 2 aromatic carbocycles. The zero-order valence-corrected chi connectivity index (χ0v) is 21.2. The van der Waals surface area contributed by atoms with E-state index in [1.54, 1.807) is 6.07 Å². The number of likely N-dealkylation sites (tertiary alicyclic amines) is 1. The minimum absolute atomic E-state index is 0.0360. The van der Waals surface area contributed by atoms with Gasteiger partial charge in [0.25, 0.3) is 5.91 Å². The van der Waals surface area contributed by atoms with Gasteiger partial charge in [-0.3, -0.25) is 14.5 Å². The van der Waals surface area contributed by atoms with Crippen molar-refractivity contribution in [3.05, 3.63) is 80.2 Å². The Balaban J connectivity index is 1.08. The van der Waals surface area contributed by atoms with Crippen LogP contribution >= 0.6 is 11.3 Å². The van der Waals surface area contributed by atoms with E-state index in [1.807, 2.05) is 23.2 Å². The fourth-order valence-corrected chi connectivity index (χ4v) is 6.14. The Morgan fingerprint density at radius 1 is 1.08 bits per heavy atom. The van der Waals surface area contributed by atoms with Crippen molar-refractivity contribution in [3.63, 3.8) is 0 Å². The number of hydrogen-bond donors (Lipinski definition) is 2. The number of fused-ring (bicyclic) bond motifs is 2. The maximum absolute atomic E-state index is 13.1. The average Bonchev–Trinajstić information content (AvgIpc) is 3.44. The molecule has 9 heteroatoms. The molecule has 2 aromatic heterocycles. The molecule has 36 heavy (non-hydrogen) atoms. The molecule has 2 aliphatic rings. The Kier molecular flexibility index (Phi) is 5.81. The Morgan fingerprint density at radius 2 is 1.86 bits per heavy atom. The van der Waals surface area contributed by atoms with Crippen LogP contribution in [0.3, 0.4) is 0 Å². The van der Waals surface area contributed by atoms with Crippen LogP contribution in [0.25, 0.3) is 10.2 Å². The Bertz CT molecular complexity index is 1500. The highest BCUT2D eigenvalue weighted by Gasteiger charge is 2.31. The summed E-state index contributed by atoms with van der Waals surface area (Å²) in [5.41, 5.74) is 7.10. The second-order valence-electron chi connectivity index (χ2n) is 9.82. The summed E-state index contributed by atoms with van der Waals surface area (Å²) in [7, 11) is 0.